The Morgan fingerprint density at radius 2 is 2.11 bits per heavy atom. The molecule has 2 atom stereocenters. The molecule has 0 bridgehead atoms. The highest BCUT2D eigenvalue weighted by Gasteiger charge is 2.25. The van der Waals surface area contributed by atoms with Gasteiger partial charge in [-0.1, -0.05) is 33.1 Å². The van der Waals surface area contributed by atoms with Crippen molar-refractivity contribution in [3.05, 3.63) is 22.1 Å². The van der Waals surface area contributed by atoms with Crippen LogP contribution in [0.15, 0.2) is 10.9 Å². The van der Waals surface area contributed by atoms with E-state index in [4.69, 9.17) is 0 Å². The second-order valence-corrected chi connectivity index (χ2v) is 5.86. The van der Waals surface area contributed by atoms with Gasteiger partial charge in [0.2, 0.25) is 0 Å². The van der Waals surface area contributed by atoms with E-state index in [9.17, 15) is 9.90 Å². The number of hydrogen-bond donors (Lipinski definition) is 2. The highest BCUT2D eigenvalue weighted by molar-refractivity contribution is 5.02. The molecule has 0 aromatic carbocycles. The summed E-state index contributed by atoms with van der Waals surface area (Å²) in [6.45, 7) is 4.27. The van der Waals surface area contributed by atoms with E-state index < -0.39 is 6.10 Å². The van der Waals surface area contributed by atoms with E-state index in [-0.39, 0.29) is 11.6 Å². The number of H-pyrrole nitrogens is 1. The van der Waals surface area contributed by atoms with Crippen LogP contribution in [0.25, 0.3) is 0 Å². The molecule has 0 aliphatic heterocycles. The van der Waals surface area contributed by atoms with Gasteiger partial charge in [-0.25, -0.2) is 4.68 Å². The third kappa shape index (κ3) is 3.05. The summed E-state index contributed by atoms with van der Waals surface area (Å²) in [6, 6.07) is 1.61. The predicted molar refractivity (Wildman–Crippen MR) is 71.7 cm³/mol. The molecule has 18 heavy (non-hydrogen) atoms. The minimum atomic E-state index is -0.393. The first-order valence-corrected chi connectivity index (χ1v) is 7.06. The minimum absolute atomic E-state index is 0.00315. The molecule has 1 aliphatic carbocycles. The van der Waals surface area contributed by atoms with E-state index in [1.807, 2.05) is 0 Å². The molecule has 0 radical (unpaired) electrons. The number of aromatic amines is 1. The quantitative estimate of drug-likeness (QED) is 0.811. The van der Waals surface area contributed by atoms with Crippen LogP contribution < -0.4 is 5.56 Å². The second kappa shape index (κ2) is 5.74. The Balaban J connectivity index is 2.20. The molecule has 4 nitrogen and oxygen atoms in total. The number of aliphatic hydroxyl groups excluding tert-OH is 1. The smallest absolute Gasteiger partial charge is 0.267 e. The Labute approximate surface area is 108 Å². The molecule has 2 N–H and O–H groups in total. The lowest BCUT2D eigenvalue weighted by Gasteiger charge is -2.21. The average Bonchev–Trinajstić information content (AvgIpc) is 2.50. The second-order valence-electron chi connectivity index (χ2n) is 5.86. The zero-order valence-corrected chi connectivity index (χ0v) is 11.4. The van der Waals surface area contributed by atoms with Crippen molar-refractivity contribution in [3.63, 3.8) is 0 Å². The third-order valence-electron chi connectivity index (χ3n) is 3.70. The van der Waals surface area contributed by atoms with Crippen molar-refractivity contribution >= 4 is 0 Å². The topological polar surface area (TPSA) is 58.0 Å². The van der Waals surface area contributed by atoms with Crippen LogP contribution in [-0.2, 0) is 6.42 Å². The highest BCUT2D eigenvalue weighted by Crippen LogP contribution is 2.26. The molecule has 1 aliphatic rings. The molecule has 1 saturated carbocycles. The van der Waals surface area contributed by atoms with E-state index in [0.717, 1.165) is 44.2 Å². The van der Waals surface area contributed by atoms with Crippen molar-refractivity contribution in [1.29, 1.82) is 0 Å². The summed E-state index contributed by atoms with van der Waals surface area (Å²) >= 11 is 0. The molecular formula is C14H24N2O2. The molecule has 0 spiro atoms. The summed E-state index contributed by atoms with van der Waals surface area (Å²) in [6.07, 6.45) is 5.49. The normalized spacial score (nSPS) is 25.3. The number of nitrogens with one attached hydrogen (secondary N) is 1. The van der Waals surface area contributed by atoms with Crippen molar-refractivity contribution in [3.8, 4) is 0 Å². The molecular weight excluding hydrogens is 228 g/mol. The number of hydrogen-bond acceptors (Lipinski definition) is 2. The van der Waals surface area contributed by atoms with Gasteiger partial charge in [-0.2, -0.15) is 0 Å². The third-order valence-corrected chi connectivity index (χ3v) is 3.70. The summed E-state index contributed by atoms with van der Waals surface area (Å²) < 4.78 is 1.65. The van der Waals surface area contributed by atoms with Crippen LogP contribution in [0.2, 0.25) is 0 Å². The molecule has 102 valence electrons. The average molecular weight is 252 g/mol. The van der Waals surface area contributed by atoms with Gasteiger partial charge in [0.05, 0.1) is 12.1 Å². The van der Waals surface area contributed by atoms with Crippen molar-refractivity contribution in [2.45, 2.75) is 64.5 Å². The molecule has 0 amide bonds. The number of aromatic nitrogens is 2. The summed E-state index contributed by atoms with van der Waals surface area (Å²) in [5.74, 6) is 0.524. The van der Waals surface area contributed by atoms with Crippen molar-refractivity contribution < 1.29 is 5.11 Å². The predicted octanol–water partition coefficient (Wildman–Crippen LogP) is 2.24. The molecule has 1 fully saturated rings. The Hall–Kier alpha value is -1.03. The zero-order chi connectivity index (χ0) is 13.1. The van der Waals surface area contributed by atoms with Crippen molar-refractivity contribution in [2.24, 2.45) is 5.92 Å². The minimum Gasteiger partial charge on any atom is -0.391 e. The maximum Gasteiger partial charge on any atom is 0.267 e. The summed E-state index contributed by atoms with van der Waals surface area (Å²) in [5.41, 5.74) is 0.975. The lowest BCUT2D eigenvalue weighted by Crippen LogP contribution is -2.30. The molecule has 1 aromatic heterocycles. The molecule has 1 heterocycles. The fraction of sp³-hybridized carbons (Fsp3) is 0.786. The van der Waals surface area contributed by atoms with Gasteiger partial charge in [0.1, 0.15) is 0 Å². The van der Waals surface area contributed by atoms with Gasteiger partial charge in [-0.15, -0.1) is 0 Å². The first kappa shape index (κ1) is 13.4. The summed E-state index contributed by atoms with van der Waals surface area (Å²) in [4.78, 5) is 12.0. The van der Waals surface area contributed by atoms with Crippen molar-refractivity contribution in [1.82, 2.24) is 9.78 Å². The van der Waals surface area contributed by atoms with Crippen molar-refractivity contribution in [2.75, 3.05) is 0 Å². The van der Waals surface area contributed by atoms with Gasteiger partial charge in [-0.05, 0) is 25.2 Å². The van der Waals surface area contributed by atoms with Crippen LogP contribution in [0, 0.1) is 5.92 Å². The van der Waals surface area contributed by atoms with Gasteiger partial charge >= 0.3 is 0 Å². The van der Waals surface area contributed by atoms with E-state index in [2.05, 4.69) is 18.9 Å². The summed E-state index contributed by atoms with van der Waals surface area (Å²) in [5, 5.41) is 13.3. The van der Waals surface area contributed by atoms with E-state index >= 15 is 0 Å². The van der Waals surface area contributed by atoms with Crippen LogP contribution in [-0.4, -0.2) is 21.0 Å². The molecule has 4 heteroatoms. The number of aliphatic hydroxyl groups is 1. The standard InChI is InChI=1S/C14H24N2O2/c1-10(2)8-11-9-14(18)16(15-11)12-6-4-3-5-7-13(12)17/h9-10,12-13,15,17H,3-8H2,1-2H3. The van der Waals surface area contributed by atoms with Crippen LogP contribution >= 0.6 is 0 Å². The van der Waals surface area contributed by atoms with Crippen LogP contribution in [0.4, 0.5) is 0 Å². The Morgan fingerprint density at radius 1 is 1.39 bits per heavy atom. The van der Waals surface area contributed by atoms with Gasteiger partial charge in [0.25, 0.3) is 5.56 Å². The number of nitrogens with zero attached hydrogens (tertiary/aromatic N) is 1. The van der Waals surface area contributed by atoms with Crippen LogP contribution in [0.3, 0.4) is 0 Å². The Morgan fingerprint density at radius 3 is 2.83 bits per heavy atom. The van der Waals surface area contributed by atoms with E-state index in [0.29, 0.717) is 5.92 Å². The zero-order valence-electron chi connectivity index (χ0n) is 11.4. The molecule has 1 aromatic rings. The van der Waals surface area contributed by atoms with E-state index in [1.165, 1.54) is 0 Å². The van der Waals surface area contributed by atoms with Gasteiger partial charge in [-0.3, -0.25) is 9.89 Å². The molecule has 0 saturated heterocycles. The first-order valence-electron chi connectivity index (χ1n) is 7.06. The molecule has 2 unspecified atom stereocenters. The first-order chi connectivity index (χ1) is 8.58. The fourth-order valence-electron chi connectivity index (χ4n) is 2.82. The largest absolute Gasteiger partial charge is 0.391 e. The number of rotatable bonds is 3. The highest BCUT2D eigenvalue weighted by atomic mass is 16.3. The van der Waals surface area contributed by atoms with Crippen LogP contribution in [0.1, 0.15) is 57.7 Å². The lowest BCUT2D eigenvalue weighted by atomic mass is 10.1. The Bertz CT molecular complexity index is 433. The van der Waals surface area contributed by atoms with Gasteiger partial charge in [0.15, 0.2) is 0 Å². The maximum atomic E-state index is 12.0. The lowest BCUT2D eigenvalue weighted by molar-refractivity contribution is 0.0971. The SMILES string of the molecule is CC(C)Cc1cc(=O)n(C2CCCCCC2O)[nH]1. The van der Waals surface area contributed by atoms with Crippen LogP contribution in [0.5, 0.6) is 0 Å². The summed E-state index contributed by atoms with van der Waals surface area (Å²) in [7, 11) is 0. The van der Waals surface area contributed by atoms with Gasteiger partial charge < -0.3 is 5.11 Å². The molecule has 2 rings (SSSR count). The van der Waals surface area contributed by atoms with Gasteiger partial charge in [0, 0.05) is 11.8 Å². The Kier molecular flexibility index (Phi) is 4.27. The monoisotopic (exact) mass is 252 g/mol. The fourth-order valence-corrected chi connectivity index (χ4v) is 2.82. The van der Waals surface area contributed by atoms with E-state index in [1.54, 1.807) is 10.7 Å². The maximum absolute atomic E-state index is 12.0.